The SMILES string of the molecule is COc1ccc(OC)c(S(=O)(=O)N2Cc3ccccc3CC2C(=O)Nc2ccc(C(C)=O)cc2)c1. The minimum Gasteiger partial charge on any atom is -0.497 e. The highest BCUT2D eigenvalue weighted by atomic mass is 32.2. The van der Waals surface area contributed by atoms with E-state index in [4.69, 9.17) is 9.47 Å². The van der Waals surface area contributed by atoms with Crippen molar-refractivity contribution in [2.75, 3.05) is 19.5 Å². The number of anilines is 1. The Hall–Kier alpha value is -3.69. The summed E-state index contributed by atoms with van der Waals surface area (Å²) in [5.74, 6) is -0.0474. The first-order valence-electron chi connectivity index (χ1n) is 11.0. The number of sulfonamides is 1. The van der Waals surface area contributed by atoms with Gasteiger partial charge in [-0.2, -0.15) is 4.31 Å². The molecule has 1 heterocycles. The lowest BCUT2D eigenvalue weighted by Gasteiger charge is -2.35. The molecule has 1 amide bonds. The second kappa shape index (κ2) is 9.89. The van der Waals surface area contributed by atoms with Crippen LogP contribution in [0.4, 0.5) is 5.69 Å². The van der Waals surface area contributed by atoms with E-state index in [1.807, 2.05) is 24.3 Å². The van der Waals surface area contributed by atoms with E-state index in [9.17, 15) is 18.0 Å². The van der Waals surface area contributed by atoms with Crippen LogP contribution in [-0.4, -0.2) is 44.7 Å². The van der Waals surface area contributed by atoms with E-state index in [0.29, 0.717) is 17.0 Å². The highest BCUT2D eigenvalue weighted by Crippen LogP contribution is 2.35. The van der Waals surface area contributed by atoms with E-state index in [1.165, 1.54) is 37.6 Å². The number of carbonyl (C=O) groups excluding carboxylic acids is 2. The van der Waals surface area contributed by atoms with Crippen molar-refractivity contribution in [2.24, 2.45) is 0 Å². The van der Waals surface area contributed by atoms with Crippen LogP contribution in [0.15, 0.2) is 71.6 Å². The predicted octanol–water partition coefficient (Wildman–Crippen LogP) is 3.66. The van der Waals surface area contributed by atoms with Crippen LogP contribution in [-0.2, 0) is 27.8 Å². The first-order chi connectivity index (χ1) is 16.7. The summed E-state index contributed by atoms with van der Waals surface area (Å²) in [7, 11) is -1.32. The van der Waals surface area contributed by atoms with Gasteiger partial charge in [-0.1, -0.05) is 24.3 Å². The number of benzene rings is 3. The fourth-order valence-corrected chi connectivity index (χ4v) is 5.84. The van der Waals surface area contributed by atoms with E-state index in [-0.39, 0.29) is 29.4 Å². The van der Waals surface area contributed by atoms with Crippen molar-refractivity contribution in [3.8, 4) is 11.5 Å². The van der Waals surface area contributed by atoms with Crippen molar-refractivity contribution in [3.63, 3.8) is 0 Å². The molecule has 0 aliphatic carbocycles. The molecular weight excluding hydrogens is 468 g/mol. The summed E-state index contributed by atoms with van der Waals surface area (Å²) in [6, 6.07) is 17.5. The number of methoxy groups -OCH3 is 2. The lowest BCUT2D eigenvalue weighted by Crippen LogP contribution is -2.50. The smallest absolute Gasteiger partial charge is 0.247 e. The summed E-state index contributed by atoms with van der Waals surface area (Å²) in [6.45, 7) is 1.49. The first-order valence-corrected chi connectivity index (χ1v) is 12.4. The Balaban J connectivity index is 1.73. The fourth-order valence-electron chi connectivity index (χ4n) is 4.10. The van der Waals surface area contributed by atoms with Crippen molar-refractivity contribution in [1.29, 1.82) is 0 Å². The number of hydrogen-bond donors (Lipinski definition) is 1. The number of ether oxygens (including phenoxy) is 2. The average molecular weight is 495 g/mol. The highest BCUT2D eigenvalue weighted by Gasteiger charge is 2.41. The average Bonchev–Trinajstić information content (AvgIpc) is 2.87. The summed E-state index contributed by atoms with van der Waals surface area (Å²) < 4.78 is 39.6. The second-order valence-corrected chi connectivity index (χ2v) is 10.0. The van der Waals surface area contributed by atoms with Crippen LogP contribution in [0.1, 0.15) is 28.4 Å². The van der Waals surface area contributed by atoms with Gasteiger partial charge in [-0.3, -0.25) is 9.59 Å². The molecule has 3 aromatic rings. The monoisotopic (exact) mass is 494 g/mol. The van der Waals surface area contributed by atoms with Crippen molar-refractivity contribution >= 4 is 27.4 Å². The Bertz CT molecular complexity index is 1370. The highest BCUT2D eigenvalue weighted by molar-refractivity contribution is 7.89. The fraction of sp³-hybridized carbons (Fsp3) is 0.231. The summed E-state index contributed by atoms with van der Waals surface area (Å²) in [5.41, 5.74) is 2.72. The molecule has 35 heavy (non-hydrogen) atoms. The molecule has 1 N–H and O–H groups in total. The zero-order valence-corrected chi connectivity index (χ0v) is 20.5. The molecule has 0 spiro atoms. The van der Waals surface area contributed by atoms with E-state index in [2.05, 4.69) is 5.32 Å². The number of ketones is 1. The van der Waals surface area contributed by atoms with Crippen LogP contribution in [0, 0.1) is 0 Å². The summed E-state index contributed by atoms with van der Waals surface area (Å²) >= 11 is 0. The number of Topliss-reactive ketones (excluding diaryl/α,β-unsaturated/α-hetero) is 1. The molecule has 8 nitrogen and oxygen atoms in total. The lowest BCUT2D eigenvalue weighted by atomic mass is 9.95. The number of nitrogens with one attached hydrogen (secondary N) is 1. The van der Waals surface area contributed by atoms with Crippen LogP contribution in [0.3, 0.4) is 0 Å². The molecule has 3 aromatic carbocycles. The molecule has 182 valence electrons. The van der Waals surface area contributed by atoms with Gasteiger partial charge in [0.1, 0.15) is 22.4 Å². The zero-order chi connectivity index (χ0) is 25.2. The molecule has 0 radical (unpaired) electrons. The van der Waals surface area contributed by atoms with Gasteiger partial charge in [-0.25, -0.2) is 8.42 Å². The van der Waals surface area contributed by atoms with Gasteiger partial charge in [-0.15, -0.1) is 0 Å². The second-order valence-electron chi connectivity index (χ2n) is 8.18. The Labute approximate surface area is 204 Å². The van der Waals surface area contributed by atoms with Crippen LogP contribution in [0.5, 0.6) is 11.5 Å². The molecular formula is C26H26N2O6S. The number of rotatable bonds is 7. The van der Waals surface area contributed by atoms with Crippen molar-refractivity contribution < 1.29 is 27.5 Å². The minimum atomic E-state index is -4.16. The third-order valence-corrected chi connectivity index (χ3v) is 7.90. The van der Waals surface area contributed by atoms with Gasteiger partial charge >= 0.3 is 0 Å². The first kappa shape index (κ1) is 24.4. The number of nitrogens with zero attached hydrogens (tertiary/aromatic N) is 1. The number of fused-ring (bicyclic) bond motifs is 1. The van der Waals surface area contributed by atoms with Crippen molar-refractivity contribution in [2.45, 2.75) is 30.8 Å². The molecule has 0 bridgehead atoms. The number of amides is 1. The molecule has 0 fully saturated rings. The number of hydrogen-bond acceptors (Lipinski definition) is 6. The number of carbonyl (C=O) groups is 2. The van der Waals surface area contributed by atoms with Crippen molar-refractivity contribution in [3.05, 3.63) is 83.4 Å². The third-order valence-electron chi connectivity index (χ3n) is 6.02. The molecule has 4 rings (SSSR count). The molecule has 0 saturated carbocycles. The molecule has 1 aliphatic rings. The molecule has 9 heteroatoms. The topological polar surface area (TPSA) is 102 Å². The van der Waals surface area contributed by atoms with Gasteiger partial charge in [0.2, 0.25) is 15.9 Å². The zero-order valence-electron chi connectivity index (χ0n) is 19.6. The maximum absolute atomic E-state index is 13.9. The summed E-state index contributed by atoms with van der Waals surface area (Å²) in [6.07, 6.45) is 0.207. The van der Waals surface area contributed by atoms with Crippen molar-refractivity contribution in [1.82, 2.24) is 4.31 Å². The van der Waals surface area contributed by atoms with E-state index in [0.717, 1.165) is 11.1 Å². The maximum atomic E-state index is 13.9. The van der Waals surface area contributed by atoms with E-state index < -0.39 is 22.0 Å². The van der Waals surface area contributed by atoms with Crippen LogP contribution in [0.25, 0.3) is 0 Å². The van der Waals surface area contributed by atoms with E-state index >= 15 is 0 Å². The van der Waals surface area contributed by atoms with Gasteiger partial charge in [0.15, 0.2) is 5.78 Å². The lowest BCUT2D eigenvalue weighted by molar-refractivity contribution is -0.120. The molecule has 1 aliphatic heterocycles. The Morgan fingerprint density at radius 1 is 0.943 bits per heavy atom. The maximum Gasteiger partial charge on any atom is 0.247 e. The third kappa shape index (κ3) is 4.91. The molecule has 0 aromatic heterocycles. The molecule has 1 atom stereocenters. The Kier molecular flexibility index (Phi) is 6.90. The van der Waals surface area contributed by atoms with Gasteiger partial charge in [0.05, 0.1) is 14.2 Å². The quantitative estimate of drug-likeness (QED) is 0.503. The standard InChI is InChI=1S/C26H26N2O6S/c1-17(29)18-8-10-21(11-9-18)27-26(30)23-14-19-6-4-5-7-20(19)16-28(23)35(31,32)25-15-22(33-2)12-13-24(25)34-3/h4-13,15,23H,14,16H2,1-3H3,(H,27,30). The summed E-state index contributed by atoms with van der Waals surface area (Å²) in [4.78, 5) is 24.9. The van der Waals surface area contributed by atoms with Gasteiger partial charge in [-0.05, 0) is 60.9 Å². The van der Waals surface area contributed by atoms with Gasteiger partial charge < -0.3 is 14.8 Å². The normalized spacial score (nSPS) is 15.7. The molecule has 0 saturated heterocycles. The van der Waals surface area contributed by atoms with Crippen LogP contribution >= 0.6 is 0 Å². The summed E-state index contributed by atoms with van der Waals surface area (Å²) in [5, 5.41) is 2.80. The molecule has 1 unspecified atom stereocenters. The largest absolute Gasteiger partial charge is 0.497 e. The minimum absolute atomic E-state index is 0.0280. The van der Waals surface area contributed by atoms with Gasteiger partial charge in [0.25, 0.3) is 0 Å². The van der Waals surface area contributed by atoms with Crippen LogP contribution in [0.2, 0.25) is 0 Å². The Morgan fingerprint density at radius 3 is 2.26 bits per heavy atom. The predicted molar refractivity (Wildman–Crippen MR) is 131 cm³/mol. The Morgan fingerprint density at radius 2 is 1.63 bits per heavy atom. The van der Waals surface area contributed by atoms with Crippen LogP contribution < -0.4 is 14.8 Å². The van der Waals surface area contributed by atoms with Gasteiger partial charge in [0, 0.05) is 23.9 Å². The van der Waals surface area contributed by atoms with E-state index in [1.54, 1.807) is 30.3 Å².